The summed E-state index contributed by atoms with van der Waals surface area (Å²) in [6, 6.07) is 16.7. The van der Waals surface area contributed by atoms with Crippen LogP contribution in [0, 0.1) is 12.3 Å². The van der Waals surface area contributed by atoms with Crippen LogP contribution in [0.4, 0.5) is 0 Å². The minimum Gasteiger partial charge on any atom is -0.418 e. The summed E-state index contributed by atoms with van der Waals surface area (Å²) in [5.41, 5.74) is 2.65. The van der Waals surface area contributed by atoms with Crippen molar-refractivity contribution in [3.8, 4) is 23.8 Å². The van der Waals surface area contributed by atoms with Gasteiger partial charge in [0.2, 0.25) is 17.7 Å². The lowest BCUT2D eigenvalue weighted by molar-refractivity contribution is -0.119. The van der Waals surface area contributed by atoms with E-state index < -0.39 is 6.04 Å². The normalized spacial score (nSPS) is 11.5. The van der Waals surface area contributed by atoms with E-state index in [9.17, 15) is 4.79 Å². The van der Waals surface area contributed by atoms with E-state index in [1.807, 2.05) is 54.6 Å². The first-order chi connectivity index (χ1) is 12.2. The molecule has 1 unspecified atom stereocenters. The number of amides is 1. The molecule has 0 aliphatic rings. The molecule has 3 rings (SSSR count). The Morgan fingerprint density at radius 1 is 1.16 bits per heavy atom. The molecule has 1 N–H and O–H groups in total. The van der Waals surface area contributed by atoms with Gasteiger partial charge in [-0.3, -0.25) is 4.79 Å². The molecule has 0 aliphatic heterocycles. The van der Waals surface area contributed by atoms with Crippen LogP contribution < -0.4 is 5.32 Å². The molecule has 0 fully saturated rings. The fourth-order valence-electron chi connectivity index (χ4n) is 2.49. The van der Waals surface area contributed by atoms with Crippen LogP contribution in [0.1, 0.15) is 30.0 Å². The number of nitrogens with one attached hydrogen (secondary N) is 1. The third kappa shape index (κ3) is 4.12. The number of carbonyl (C=O) groups is 1. The summed E-state index contributed by atoms with van der Waals surface area (Å²) in [7, 11) is 0. The Kier molecular flexibility index (Phi) is 4.91. The minimum atomic E-state index is -0.404. The van der Waals surface area contributed by atoms with Crippen LogP contribution in [-0.4, -0.2) is 16.1 Å². The molecule has 124 valence electrons. The summed E-state index contributed by atoms with van der Waals surface area (Å²) in [5.74, 6) is 3.22. The van der Waals surface area contributed by atoms with Crippen molar-refractivity contribution in [2.45, 2.75) is 19.4 Å². The van der Waals surface area contributed by atoms with Crippen LogP contribution in [0.5, 0.6) is 0 Å². The SMILES string of the molecule is C#Cc1ccc(CC(NC(C)=O)c2nnc(-c3ccccc3)o2)cc1. The number of benzene rings is 2. The Morgan fingerprint density at radius 3 is 2.52 bits per heavy atom. The maximum atomic E-state index is 11.6. The van der Waals surface area contributed by atoms with Gasteiger partial charge >= 0.3 is 0 Å². The van der Waals surface area contributed by atoms with Crippen LogP contribution >= 0.6 is 0 Å². The van der Waals surface area contributed by atoms with Crippen molar-refractivity contribution in [3.63, 3.8) is 0 Å². The van der Waals surface area contributed by atoms with E-state index in [1.54, 1.807) is 0 Å². The largest absolute Gasteiger partial charge is 0.418 e. The van der Waals surface area contributed by atoms with Gasteiger partial charge in [0.05, 0.1) is 0 Å². The predicted molar refractivity (Wildman–Crippen MR) is 94.4 cm³/mol. The smallest absolute Gasteiger partial charge is 0.247 e. The third-order valence-corrected chi connectivity index (χ3v) is 3.70. The zero-order valence-corrected chi connectivity index (χ0v) is 13.8. The Labute approximate surface area is 146 Å². The first-order valence-electron chi connectivity index (χ1n) is 7.87. The van der Waals surface area contributed by atoms with Crippen molar-refractivity contribution in [1.29, 1.82) is 0 Å². The molecule has 0 aliphatic carbocycles. The number of carbonyl (C=O) groups excluding carboxylic acids is 1. The fourth-order valence-corrected chi connectivity index (χ4v) is 2.49. The quantitative estimate of drug-likeness (QED) is 0.729. The van der Waals surface area contributed by atoms with Gasteiger partial charge in [-0.15, -0.1) is 16.6 Å². The monoisotopic (exact) mass is 331 g/mol. The molecular weight excluding hydrogens is 314 g/mol. The van der Waals surface area contributed by atoms with Gasteiger partial charge in [-0.25, -0.2) is 0 Å². The van der Waals surface area contributed by atoms with Crippen LogP contribution in [0.2, 0.25) is 0 Å². The van der Waals surface area contributed by atoms with Crippen LogP contribution in [0.15, 0.2) is 59.0 Å². The average Bonchev–Trinajstić information content (AvgIpc) is 3.12. The van der Waals surface area contributed by atoms with Crippen LogP contribution in [0.3, 0.4) is 0 Å². The van der Waals surface area contributed by atoms with Crippen molar-refractivity contribution in [3.05, 3.63) is 71.6 Å². The molecule has 0 saturated heterocycles. The first kappa shape index (κ1) is 16.5. The lowest BCUT2D eigenvalue weighted by Gasteiger charge is -2.14. The number of hydrogen-bond acceptors (Lipinski definition) is 4. The Balaban J connectivity index is 1.84. The molecule has 0 radical (unpaired) electrons. The van der Waals surface area contributed by atoms with Gasteiger partial charge in [0, 0.05) is 24.5 Å². The summed E-state index contributed by atoms with van der Waals surface area (Å²) >= 11 is 0. The number of hydrogen-bond donors (Lipinski definition) is 1. The molecule has 5 heteroatoms. The highest BCUT2D eigenvalue weighted by Crippen LogP contribution is 2.23. The average molecular weight is 331 g/mol. The molecule has 1 heterocycles. The van der Waals surface area contributed by atoms with Crippen molar-refractivity contribution >= 4 is 5.91 Å². The maximum Gasteiger partial charge on any atom is 0.247 e. The zero-order chi connectivity index (χ0) is 17.6. The van der Waals surface area contributed by atoms with E-state index in [4.69, 9.17) is 10.8 Å². The second-order valence-electron chi connectivity index (χ2n) is 5.61. The van der Waals surface area contributed by atoms with E-state index in [0.717, 1.165) is 16.7 Å². The van der Waals surface area contributed by atoms with Crippen molar-refractivity contribution in [2.75, 3.05) is 0 Å². The standard InChI is InChI=1S/C20H17N3O2/c1-3-15-9-11-16(12-10-15)13-18(21-14(2)24)20-23-22-19(25-20)17-7-5-4-6-8-17/h1,4-12,18H,13H2,2H3,(H,21,24). The van der Waals surface area contributed by atoms with Crippen LogP contribution in [-0.2, 0) is 11.2 Å². The lowest BCUT2D eigenvalue weighted by atomic mass is 10.0. The summed E-state index contributed by atoms with van der Waals surface area (Å²) in [6.07, 6.45) is 5.90. The first-order valence-corrected chi connectivity index (χ1v) is 7.87. The molecule has 2 aromatic carbocycles. The Hall–Kier alpha value is -3.39. The van der Waals surface area contributed by atoms with Gasteiger partial charge in [0.15, 0.2) is 0 Å². The second-order valence-corrected chi connectivity index (χ2v) is 5.61. The van der Waals surface area contributed by atoms with E-state index in [2.05, 4.69) is 21.4 Å². The van der Waals surface area contributed by atoms with Gasteiger partial charge in [-0.05, 0) is 29.8 Å². The molecular formula is C20H17N3O2. The summed E-state index contributed by atoms with van der Waals surface area (Å²) in [4.78, 5) is 11.6. The number of nitrogens with zero attached hydrogens (tertiary/aromatic N) is 2. The van der Waals surface area contributed by atoms with E-state index >= 15 is 0 Å². The highest BCUT2D eigenvalue weighted by atomic mass is 16.4. The number of aromatic nitrogens is 2. The van der Waals surface area contributed by atoms with E-state index in [-0.39, 0.29) is 5.91 Å². The molecule has 3 aromatic rings. The molecule has 1 atom stereocenters. The van der Waals surface area contributed by atoms with Gasteiger partial charge in [-0.2, -0.15) is 0 Å². The highest BCUT2D eigenvalue weighted by molar-refractivity contribution is 5.73. The molecule has 25 heavy (non-hydrogen) atoms. The Morgan fingerprint density at radius 2 is 1.88 bits per heavy atom. The number of terminal acetylenes is 1. The lowest BCUT2D eigenvalue weighted by Crippen LogP contribution is -2.28. The molecule has 1 amide bonds. The molecule has 0 spiro atoms. The molecule has 5 nitrogen and oxygen atoms in total. The fraction of sp³-hybridized carbons (Fsp3) is 0.150. The molecule has 0 bridgehead atoms. The third-order valence-electron chi connectivity index (χ3n) is 3.70. The van der Waals surface area contributed by atoms with Gasteiger partial charge in [0.1, 0.15) is 6.04 Å². The predicted octanol–water partition coefficient (Wildman–Crippen LogP) is 3.14. The summed E-state index contributed by atoms with van der Waals surface area (Å²) < 4.78 is 5.78. The van der Waals surface area contributed by atoms with Gasteiger partial charge in [-0.1, -0.05) is 36.3 Å². The van der Waals surface area contributed by atoms with Crippen molar-refractivity contribution in [2.24, 2.45) is 0 Å². The summed E-state index contributed by atoms with van der Waals surface area (Å²) in [6.45, 7) is 1.46. The Bertz CT molecular complexity index is 893. The number of rotatable bonds is 5. The minimum absolute atomic E-state index is 0.162. The van der Waals surface area contributed by atoms with Crippen molar-refractivity contribution < 1.29 is 9.21 Å². The molecule has 0 saturated carbocycles. The van der Waals surface area contributed by atoms with E-state index in [1.165, 1.54) is 6.92 Å². The van der Waals surface area contributed by atoms with Crippen molar-refractivity contribution in [1.82, 2.24) is 15.5 Å². The van der Waals surface area contributed by atoms with Gasteiger partial charge in [0.25, 0.3) is 0 Å². The van der Waals surface area contributed by atoms with Gasteiger partial charge < -0.3 is 9.73 Å². The maximum absolute atomic E-state index is 11.6. The second kappa shape index (κ2) is 7.45. The molecule has 1 aromatic heterocycles. The highest BCUT2D eigenvalue weighted by Gasteiger charge is 2.21. The zero-order valence-electron chi connectivity index (χ0n) is 13.8. The topological polar surface area (TPSA) is 68.0 Å². The summed E-state index contributed by atoms with van der Waals surface area (Å²) in [5, 5.41) is 11.1. The van der Waals surface area contributed by atoms with E-state index in [0.29, 0.717) is 18.2 Å². The van der Waals surface area contributed by atoms with Crippen LogP contribution in [0.25, 0.3) is 11.5 Å².